The molecule has 1 N–H and O–H groups in total. The smallest absolute Gasteiger partial charge is 0.0222 e. The second-order valence-electron chi connectivity index (χ2n) is 6.01. The lowest BCUT2D eigenvalue weighted by Crippen LogP contribution is -2.45. The van der Waals surface area contributed by atoms with Crippen molar-refractivity contribution in [1.82, 2.24) is 10.2 Å². The van der Waals surface area contributed by atoms with Crippen molar-refractivity contribution in [3.8, 4) is 0 Å². The number of hydrogen-bond acceptors (Lipinski definition) is 2. The quantitative estimate of drug-likeness (QED) is 0.735. The normalized spacial score (nSPS) is 27.4. The van der Waals surface area contributed by atoms with Crippen LogP contribution in [0.5, 0.6) is 0 Å². The van der Waals surface area contributed by atoms with Crippen molar-refractivity contribution in [2.24, 2.45) is 11.8 Å². The van der Waals surface area contributed by atoms with Gasteiger partial charge in [-0.25, -0.2) is 0 Å². The van der Waals surface area contributed by atoms with Gasteiger partial charge < -0.3 is 10.2 Å². The highest BCUT2D eigenvalue weighted by Crippen LogP contribution is 2.32. The van der Waals surface area contributed by atoms with Crippen LogP contribution in [0.3, 0.4) is 0 Å². The second kappa shape index (κ2) is 8.10. The third-order valence-corrected chi connectivity index (χ3v) is 4.26. The minimum absolute atomic E-state index is 0.711. The molecule has 1 unspecified atom stereocenters. The van der Waals surface area contributed by atoms with Crippen LogP contribution in [0.1, 0.15) is 52.4 Å². The predicted molar refractivity (Wildman–Crippen MR) is 76.4 cm³/mol. The van der Waals surface area contributed by atoms with Gasteiger partial charge in [0.15, 0.2) is 0 Å². The Morgan fingerprint density at radius 3 is 2.24 bits per heavy atom. The second-order valence-corrected chi connectivity index (χ2v) is 6.01. The molecule has 2 nitrogen and oxygen atoms in total. The van der Waals surface area contributed by atoms with Crippen molar-refractivity contribution in [2.45, 2.75) is 58.4 Å². The molecular weight excluding hydrogens is 208 g/mol. The monoisotopic (exact) mass is 240 g/mol. The molecule has 0 spiro atoms. The topological polar surface area (TPSA) is 15.3 Å². The summed E-state index contributed by atoms with van der Waals surface area (Å²) < 4.78 is 0. The zero-order valence-electron chi connectivity index (χ0n) is 12.3. The van der Waals surface area contributed by atoms with Crippen LogP contribution < -0.4 is 5.32 Å². The average molecular weight is 240 g/mol. The van der Waals surface area contributed by atoms with E-state index in [1.165, 1.54) is 51.6 Å². The first-order chi connectivity index (χ1) is 8.17. The molecule has 1 aliphatic carbocycles. The largest absolute Gasteiger partial charge is 0.312 e. The van der Waals surface area contributed by atoms with E-state index in [4.69, 9.17) is 0 Å². The molecule has 1 saturated carbocycles. The molecular formula is C15H32N2. The van der Waals surface area contributed by atoms with Crippen molar-refractivity contribution in [3.63, 3.8) is 0 Å². The van der Waals surface area contributed by atoms with Gasteiger partial charge in [0.25, 0.3) is 0 Å². The van der Waals surface area contributed by atoms with Crippen LogP contribution in [0.2, 0.25) is 0 Å². The highest BCUT2D eigenvalue weighted by molar-refractivity contribution is 4.83. The Morgan fingerprint density at radius 1 is 1.12 bits per heavy atom. The van der Waals surface area contributed by atoms with E-state index in [0.717, 1.165) is 11.8 Å². The zero-order valence-corrected chi connectivity index (χ0v) is 12.3. The van der Waals surface area contributed by atoms with Gasteiger partial charge in [-0.1, -0.05) is 33.1 Å². The van der Waals surface area contributed by atoms with Gasteiger partial charge in [-0.05, 0) is 51.7 Å². The summed E-state index contributed by atoms with van der Waals surface area (Å²) in [6.07, 6.45) is 8.42. The lowest BCUT2D eigenvalue weighted by molar-refractivity contribution is 0.190. The molecule has 0 aromatic carbocycles. The van der Waals surface area contributed by atoms with E-state index >= 15 is 0 Å². The van der Waals surface area contributed by atoms with E-state index in [0.29, 0.717) is 6.04 Å². The third-order valence-electron chi connectivity index (χ3n) is 4.26. The first-order valence-electron chi connectivity index (χ1n) is 7.55. The summed E-state index contributed by atoms with van der Waals surface area (Å²) in [5, 5.41) is 3.76. The van der Waals surface area contributed by atoms with Crippen LogP contribution in [0.4, 0.5) is 0 Å². The van der Waals surface area contributed by atoms with Crippen LogP contribution >= 0.6 is 0 Å². The van der Waals surface area contributed by atoms with E-state index in [-0.39, 0.29) is 0 Å². The molecule has 0 radical (unpaired) electrons. The summed E-state index contributed by atoms with van der Waals surface area (Å²) in [6, 6.07) is 0.711. The maximum atomic E-state index is 3.76. The average Bonchev–Trinajstić information content (AvgIpc) is 2.34. The Balaban J connectivity index is 2.40. The molecule has 17 heavy (non-hydrogen) atoms. The minimum Gasteiger partial charge on any atom is -0.312 e. The molecule has 0 aromatic rings. The molecule has 1 aliphatic rings. The first-order valence-corrected chi connectivity index (χ1v) is 7.55. The molecule has 2 heteroatoms. The number of likely N-dealkylation sites (N-methyl/N-ethyl adjacent to an activating group) is 1. The Morgan fingerprint density at radius 2 is 1.76 bits per heavy atom. The highest BCUT2D eigenvalue weighted by atomic mass is 15.1. The Labute approximate surface area is 108 Å². The predicted octanol–water partition coefficient (Wildman–Crippen LogP) is 3.13. The van der Waals surface area contributed by atoms with Crippen molar-refractivity contribution in [3.05, 3.63) is 0 Å². The van der Waals surface area contributed by atoms with E-state index < -0.39 is 0 Å². The summed E-state index contributed by atoms with van der Waals surface area (Å²) in [6.45, 7) is 6.97. The van der Waals surface area contributed by atoms with Gasteiger partial charge in [0.2, 0.25) is 0 Å². The molecule has 102 valence electrons. The molecule has 1 fully saturated rings. The summed E-state index contributed by atoms with van der Waals surface area (Å²) in [5.74, 6) is 1.92. The van der Waals surface area contributed by atoms with Gasteiger partial charge in [-0.3, -0.25) is 0 Å². The first kappa shape index (κ1) is 15.0. The summed E-state index contributed by atoms with van der Waals surface area (Å²) in [5.41, 5.74) is 0. The van der Waals surface area contributed by atoms with Gasteiger partial charge in [-0.15, -0.1) is 0 Å². The van der Waals surface area contributed by atoms with E-state index in [2.05, 4.69) is 38.2 Å². The Hall–Kier alpha value is -0.0800. The Bertz CT molecular complexity index is 183. The third kappa shape index (κ3) is 5.39. The van der Waals surface area contributed by atoms with Gasteiger partial charge in [-0.2, -0.15) is 0 Å². The van der Waals surface area contributed by atoms with Gasteiger partial charge >= 0.3 is 0 Å². The van der Waals surface area contributed by atoms with Crippen molar-refractivity contribution in [2.75, 3.05) is 27.2 Å². The molecule has 0 amide bonds. The highest BCUT2D eigenvalue weighted by Gasteiger charge is 2.26. The fraction of sp³-hybridized carbons (Fsp3) is 1.00. The molecule has 0 saturated heterocycles. The van der Waals surface area contributed by atoms with Crippen molar-refractivity contribution >= 4 is 0 Å². The van der Waals surface area contributed by atoms with E-state index in [1.54, 1.807) is 0 Å². The molecule has 1 rings (SSSR count). The van der Waals surface area contributed by atoms with Gasteiger partial charge in [0, 0.05) is 12.6 Å². The van der Waals surface area contributed by atoms with E-state index in [9.17, 15) is 0 Å². The van der Waals surface area contributed by atoms with Crippen molar-refractivity contribution < 1.29 is 0 Å². The van der Waals surface area contributed by atoms with Crippen molar-refractivity contribution in [1.29, 1.82) is 0 Å². The van der Waals surface area contributed by atoms with Crippen LogP contribution in [-0.4, -0.2) is 38.1 Å². The van der Waals surface area contributed by atoms with Crippen LogP contribution in [0.15, 0.2) is 0 Å². The lowest BCUT2D eigenvalue weighted by atomic mass is 9.77. The van der Waals surface area contributed by atoms with Gasteiger partial charge in [0.05, 0.1) is 0 Å². The summed E-state index contributed by atoms with van der Waals surface area (Å²) in [7, 11) is 4.39. The molecule has 0 aliphatic heterocycles. The van der Waals surface area contributed by atoms with Crippen LogP contribution in [0.25, 0.3) is 0 Å². The SMILES string of the molecule is CCCNC(CN(C)C)C1CCC(CC)CC1. The number of hydrogen-bond donors (Lipinski definition) is 1. The zero-order chi connectivity index (χ0) is 12.7. The standard InChI is InChI=1S/C15H32N2/c1-5-11-16-15(12-17(3)4)14-9-7-13(6-2)8-10-14/h13-16H,5-12H2,1-4H3. The van der Waals surface area contributed by atoms with Gasteiger partial charge in [0.1, 0.15) is 0 Å². The number of nitrogens with one attached hydrogen (secondary N) is 1. The van der Waals surface area contributed by atoms with Crippen LogP contribution in [-0.2, 0) is 0 Å². The fourth-order valence-corrected chi connectivity index (χ4v) is 3.10. The molecule has 0 heterocycles. The Kier molecular flexibility index (Phi) is 7.14. The number of nitrogens with zero attached hydrogens (tertiary/aromatic N) is 1. The lowest BCUT2D eigenvalue weighted by Gasteiger charge is -2.35. The van der Waals surface area contributed by atoms with Crippen LogP contribution in [0, 0.1) is 11.8 Å². The molecule has 0 bridgehead atoms. The number of rotatable bonds is 7. The summed E-state index contributed by atoms with van der Waals surface area (Å²) in [4.78, 5) is 2.33. The molecule has 1 atom stereocenters. The maximum absolute atomic E-state index is 3.76. The molecule has 0 aromatic heterocycles. The maximum Gasteiger partial charge on any atom is 0.0222 e. The fourth-order valence-electron chi connectivity index (χ4n) is 3.10. The van der Waals surface area contributed by atoms with E-state index in [1.807, 2.05) is 0 Å². The minimum atomic E-state index is 0.711. The summed E-state index contributed by atoms with van der Waals surface area (Å²) >= 11 is 0.